The lowest BCUT2D eigenvalue weighted by Gasteiger charge is -2.26. The highest BCUT2D eigenvalue weighted by Gasteiger charge is 2.29. The van der Waals surface area contributed by atoms with E-state index in [9.17, 15) is 26.7 Å². The van der Waals surface area contributed by atoms with Crippen LogP contribution in [0.15, 0.2) is 44.6 Å². The third kappa shape index (κ3) is 3.92. The van der Waals surface area contributed by atoms with E-state index in [2.05, 4.69) is 14.4 Å². The molecule has 2 heterocycles. The van der Waals surface area contributed by atoms with Crippen LogP contribution < -0.4 is 15.6 Å². The third-order valence-electron chi connectivity index (χ3n) is 5.09. The van der Waals surface area contributed by atoms with Crippen molar-refractivity contribution in [3.63, 3.8) is 0 Å². The molecule has 1 aromatic heterocycles. The highest BCUT2D eigenvalue weighted by atomic mass is 32.2. The van der Waals surface area contributed by atoms with Crippen LogP contribution in [0, 0.1) is 5.92 Å². The molecule has 12 heteroatoms. The smallest absolute Gasteiger partial charge is 0.286 e. The molecular weight excluding hydrogens is 432 g/mol. The molecule has 160 valence electrons. The van der Waals surface area contributed by atoms with E-state index in [-0.39, 0.29) is 33.4 Å². The van der Waals surface area contributed by atoms with Crippen LogP contribution in [0.1, 0.15) is 24.8 Å². The lowest BCUT2D eigenvalue weighted by molar-refractivity contribution is 0.273. The maximum absolute atomic E-state index is 12.9. The average molecular weight is 453 g/mol. The number of hydrogen-bond donors (Lipinski definition) is 3. The van der Waals surface area contributed by atoms with E-state index in [1.54, 1.807) is 0 Å². The second-order valence-electron chi connectivity index (χ2n) is 7.46. The number of anilines is 2. The first-order chi connectivity index (χ1) is 14.0. The van der Waals surface area contributed by atoms with E-state index in [4.69, 9.17) is 0 Å². The second kappa shape index (κ2) is 7.13. The number of pyridine rings is 1. The molecule has 1 fully saturated rings. The van der Waals surface area contributed by atoms with Crippen LogP contribution >= 0.6 is 0 Å². The molecule has 4 rings (SSSR count). The summed E-state index contributed by atoms with van der Waals surface area (Å²) in [5, 5.41) is 13.0. The molecule has 30 heavy (non-hydrogen) atoms. The molecule has 10 nitrogen and oxygen atoms in total. The molecule has 0 radical (unpaired) electrons. The number of amidine groups is 1. The number of benzene rings is 1. The number of fused-ring (bicyclic) bond motifs is 1. The fourth-order valence-corrected chi connectivity index (χ4v) is 5.13. The minimum atomic E-state index is -4.25. The summed E-state index contributed by atoms with van der Waals surface area (Å²) in [4.78, 5) is 12.7. The van der Waals surface area contributed by atoms with Gasteiger partial charge in [-0.1, -0.05) is 6.42 Å². The zero-order valence-electron chi connectivity index (χ0n) is 16.0. The van der Waals surface area contributed by atoms with Gasteiger partial charge in [0.15, 0.2) is 5.84 Å². The normalized spacial score (nSPS) is 18.0. The van der Waals surface area contributed by atoms with Crippen molar-refractivity contribution in [2.24, 2.45) is 10.3 Å². The monoisotopic (exact) mass is 452 g/mol. The van der Waals surface area contributed by atoms with Crippen molar-refractivity contribution in [2.45, 2.75) is 30.7 Å². The van der Waals surface area contributed by atoms with Gasteiger partial charge in [0, 0.05) is 18.4 Å². The summed E-state index contributed by atoms with van der Waals surface area (Å²) in [5.74, 6) is -0.284. The first-order valence-electron chi connectivity index (χ1n) is 9.20. The largest absolute Gasteiger partial charge is 0.507 e. The highest BCUT2D eigenvalue weighted by Crippen LogP contribution is 2.32. The Labute approximate surface area is 173 Å². The molecule has 0 unspecified atom stereocenters. The molecule has 1 saturated carbocycles. The number of aromatic hydroxyl groups is 1. The van der Waals surface area contributed by atoms with Gasteiger partial charge in [-0.15, -0.1) is 4.40 Å². The van der Waals surface area contributed by atoms with Gasteiger partial charge in [-0.25, -0.2) is 8.42 Å². The minimum Gasteiger partial charge on any atom is -0.507 e. The zero-order chi connectivity index (χ0) is 21.7. The molecule has 1 aliphatic carbocycles. The van der Waals surface area contributed by atoms with Crippen LogP contribution in [-0.2, 0) is 26.6 Å². The molecule has 1 aromatic carbocycles. The number of nitrogens with one attached hydrogen (secondary N) is 2. The Morgan fingerprint density at radius 2 is 2.03 bits per heavy atom. The Morgan fingerprint density at radius 1 is 1.30 bits per heavy atom. The summed E-state index contributed by atoms with van der Waals surface area (Å²) in [6.45, 7) is 0.489. The summed E-state index contributed by atoms with van der Waals surface area (Å²) in [6.07, 6.45) is 5.58. The van der Waals surface area contributed by atoms with Gasteiger partial charge in [0.05, 0.1) is 11.9 Å². The zero-order valence-corrected chi connectivity index (χ0v) is 17.6. The molecule has 2 aromatic rings. The molecule has 2 aliphatic rings. The summed E-state index contributed by atoms with van der Waals surface area (Å²) >= 11 is 0. The summed E-state index contributed by atoms with van der Waals surface area (Å²) in [7, 11) is -7.85. The van der Waals surface area contributed by atoms with Gasteiger partial charge in [-0.2, -0.15) is 8.42 Å². The van der Waals surface area contributed by atoms with E-state index in [1.807, 2.05) is 0 Å². The van der Waals surface area contributed by atoms with Gasteiger partial charge in [0.25, 0.3) is 15.6 Å². The van der Waals surface area contributed by atoms with Crippen LogP contribution in [0.25, 0.3) is 0 Å². The molecule has 1 aliphatic heterocycles. The minimum absolute atomic E-state index is 0.0608. The quantitative estimate of drug-likeness (QED) is 0.619. The van der Waals surface area contributed by atoms with Crippen LogP contribution in [0.2, 0.25) is 0 Å². The highest BCUT2D eigenvalue weighted by molar-refractivity contribution is 7.92. The van der Waals surface area contributed by atoms with Crippen LogP contribution in [0.4, 0.5) is 11.4 Å². The number of hydrogen-bond acceptors (Lipinski definition) is 7. The van der Waals surface area contributed by atoms with Crippen LogP contribution in [0.3, 0.4) is 0 Å². The second-order valence-corrected chi connectivity index (χ2v) is 10.8. The molecule has 0 amide bonds. The van der Waals surface area contributed by atoms with Crippen molar-refractivity contribution in [3.05, 3.63) is 46.4 Å². The SMILES string of the molecule is CS(=O)(=O)Nc1ccc2c(c1)S(=O)(=O)N=C(c1c(O)ccn(CC3CCC3)c1=O)N2. The first-order valence-corrected chi connectivity index (χ1v) is 12.5. The lowest BCUT2D eigenvalue weighted by Crippen LogP contribution is -2.34. The molecule has 0 spiro atoms. The average Bonchev–Trinajstić information content (AvgIpc) is 2.58. The topological polar surface area (TPSA) is 147 Å². The molecule has 3 N–H and O–H groups in total. The Morgan fingerprint density at radius 3 is 2.67 bits per heavy atom. The third-order valence-corrected chi connectivity index (χ3v) is 7.01. The number of rotatable bonds is 5. The van der Waals surface area contributed by atoms with Crippen molar-refractivity contribution >= 4 is 37.3 Å². The van der Waals surface area contributed by atoms with E-state index in [0.29, 0.717) is 12.5 Å². The standard InChI is InChI=1S/C18H20N4O6S2/c1-29(25,26)20-12-5-6-13-15(9-12)30(27,28)21-17(19-13)16-14(23)7-8-22(18(16)24)10-11-3-2-4-11/h5-9,11,20,23H,2-4,10H2,1H3,(H,19,21). The molecule has 0 saturated heterocycles. The van der Waals surface area contributed by atoms with Crippen LogP contribution in [-0.4, -0.2) is 38.6 Å². The molecular formula is C18H20N4O6S2. The Kier molecular flexibility index (Phi) is 4.85. The van der Waals surface area contributed by atoms with Crippen molar-refractivity contribution in [1.82, 2.24) is 4.57 Å². The van der Waals surface area contributed by atoms with Crippen molar-refractivity contribution in [3.8, 4) is 5.75 Å². The van der Waals surface area contributed by atoms with Gasteiger partial charge in [0.1, 0.15) is 16.2 Å². The number of sulfonamides is 2. The predicted octanol–water partition coefficient (Wildman–Crippen LogP) is 1.29. The summed E-state index contributed by atoms with van der Waals surface area (Å²) in [5.41, 5.74) is -0.593. The van der Waals surface area contributed by atoms with Crippen LogP contribution in [0.5, 0.6) is 5.75 Å². The van der Waals surface area contributed by atoms with E-state index < -0.39 is 25.6 Å². The van der Waals surface area contributed by atoms with Crippen molar-refractivity contribution < 1.29 is 21.9 Å². The Balaban J connectivity index is 1.75. The predicted molar refractivity (Wildman–Crippen MR) is 112 cm³/mol. The fraction of sp³-hybridized carbons (Fsp3) is 0.333. The van der Waals surface area contributed by atoms with Crippen molar-refractivity contribution in [2.75, 3.05) is 16.3 Å². The maximum Gasteiger partial charge on any atom is 0.286 e. The summed E-state index contributed by atoms with van der Waals surface area (Å²) < 4.78 is 55.6. The molecule has 0 bridgehead atoms. The number of aromatic nitrogens is 1. The fourth-order valence-electron chi connectivity index (χ4n) is 3.43. The van der Waals surface area contributed by atoms with Gasteiger partial charge >= 0.3 is 0 Å². The van der Waals surface area contributed by atoms with Gasteiger partial charge < -0.3 is 15.0 Å². The van der Waals surface area contributed by atoms with Gasteiger partial charge in [-0.05, 0) is 43.0 Å². The lowest BCUT2D eigenvalue weighted by atomic mass is 9.85. The van der Waals surface area contributed by atoms with E-state index in [1.165, 1.54) is 29.0 Å². The van der Waals surface area contributed by atoms with Crippen molar-refractivity contribution in [1.29, 1.82) is 0 Å². The molecule has 0 atom stereocenters. The van der Waals surface area contributed by atoms with E-state index >= 15 is 0 Å². The summed E-state index contributed by atoms with van der Waals surface area (Å²) in [6, 6.07) is 5.21. The van der Waals surface area contributed by atoms with Gasteiger partial charge in [0.2, 0.25) is 10.0 Å². The number of nitrogens with zero attached hydrogens (tertiary/aromatic N) is 2. The van der Waals surface area contributed by atoms with E-state index in [0.717, 1.165) is 31.6 Å². The maximum atomic E-state index is 12.9. The first kappa shape index (κ1) is 20.4. The Bertz CT molecular complexity index is 1320. The Hall–Kier alpha value is -2.86. The van der Waals surface area contributed by atoms with Gasteiger partial charge in [-0.3, -0.25) is 9.52 Å².